The second-order valence-corrected chi connectivity index (χ2v) is 2.69. The van der Waals surface area contributed by atoms with Gasteiger partial charge < -0.3 is 10.4 Å². The number of terminal acetylenes is 1. The highest BCUT2D eigenvalue weighted by Crippen LogP contribution is 1.95. The van der Waals surface area contributed by atoms with Crippen LogP contribution in [-0.2, 0) is 9.59 Å². The van der Waals surface area contributed by atoms with Gasteiger partial charge in [-0.05, 0) is 6.42 Å². The van der Waals surface area contributed by atoms with Gasteiger partial charge in [-0.3, -0.25) is 4.79 Å². The van der Waals surface area contributed by atoms with Crippen LogP contribution in [0.25, 0.3) is 0 Å². The highest BCUT2D eigenvalue weighted by Gasteiger charge is 2.17. The van der Waals surface area contributed by atoms with Gasteiger partial charge in [-0.1, -0.05) is 6.08 Å². The largest absolute Gasteiger partial charge is 0.480 e. The molecule has 0 spiro atoms. The van der Waals surface area contributed by atoms with Crippen molar-refractivity contribution in [2.24, 2.45) is 0 Å². The number of aliphatic carboxylic acids is 1. The van der Waals surface area contributed by atoms with Gasteiger partial charge in [0.1, 0.15) is 6.04 Å². The van der Waals surface area contributed by atoms with Crippen molar-refractivity contribution in [1.82, 2.24) is 5.32 Å². The van der Waals surface area contributed by atoms with Crippen molar-refractivity contribution >= 4 is 11.9 Å². The van der Waals surface area contributed by atoms with Crippen molar-refractivity contribution < 1.29 is 14.7 Å². The predicted molar refractivity (Wildman–Crippen MR) is 52.4 cm³/mol. The van der Waals surface area contributed by atoms with E-state index in [2.05, 4.69) is 17.8 Å². The molecule has 0 aliphatic carbocycles. The lowest BCUT2D eigenvalue weighted by Gasteiger charge is -2.11. The SMILES string of the molecule is C#CCCC(=O)NC(CC=C)C(=O)O. The zero-order chi connectivity index (χ0) is 11.0. The topological polar surface area (TPSA) is 66.4 Å². The van der Waals surface area contributed by atoms with Crippen LogP contribution in [0.15, 0.2) is 12.7 Å². The number of rotatable bonds is 6. The van der Waals surface area contributed by atoms with Crippen LogP contribution in [0.4, 0.5) is 0 Å². The number of nitrogens with one attached hydrogen (secondary N) is 1. The normalized spacial score (nSPS) is 11.1. The summed E-state index contributed by atoms with van der Waals surface area (Å²) in [5, 5.41) is 11.0. The maximum absolute atomic E-state index is 11.1. The number of amides is 1. The summed E-state index contributed by atoms with van der Waals surface area (Å²) in [7, 11) is 0. The summed E-state index contributed by atoms with van der Waals surface area (Å²) >= 11 is 0. The molecule has 0 aliphatic rings. The van der Waals surface area contributed by atoms with Crippen LogP contribution in [0.3, 0.4) is 0 Å². The van der Waals surface area contributed by atoms with Crippen LogP contribution < -0.4 is 5.32 Å². The van der Waals surface area contributed by atoms with Crippen LogP contribution in [0.5, 0.6) is 0 Å². The minimum absolute atomic E-state index is 0.150. The molecule has 1 unspecified atom stereocenters. The summed E-state index contributed by atoms with van der Waals surface area (Å²) in [6.45, 7) is 3.41. The van der Waals surface area contributed by atoms with Crippen molar-refractivity contribution in [2.45, 2.75) is 25.3 Å². The summed E-state index contributed by atoms with van der Waals surface area (Å²) in [5.74, 6) is 0.884. The summed E-state index contributed by atoms with van der Waals surface area (Å²) in [5.41, 5.74) is 0. The van der Waals surface area contributed by atoms with Crippen LogP contribution in [0, 0.1) is 12.3 Å². The van der Waals surface area contributed by atoms with E-state index in [1.807, 2.05) is 0 Å². The van der Waals surface area contributed by atoms with E-state index in [-0.39, 0.29) is 18.7 Å². The Morgan fingerprint density at radius 1 is 1.64 bits per heavy atom. The summed E-state index contributed by atoms with van der Waals surface area (Å²) in [6.07, 6.45) is 7.08. The molecule has 0 aromatic heterocycles. The molecule has 0 fully saturated rings. The molecule has 1 atom stereocenters. The van der Waals surface area contributed by atoms with E-state index in [0.717, 1.165) is 0 Å². The second-order valence-electron chi connectivity index (χ2n) is 2.69. The van der Waals surface area contributed by atoms with Gasteiger partial charge in [-0.2, -0.15) is 0 Å². The Morgan fingerprint density at radius 3 is 2.71 bits per heavy atom. The third-order valence-electron chi connectivity index (χ3n) is 1.53. The molecule has 0 aliphatic heterocycles. The van der Waals surface area contributed by atoms with Crippen LogP contribution in [0.2, 0.25) is 0 Å². The molecule has 0 aromatic carbocycles. The molecule has 4 nitrogen and oxygen atoms in total. The lowest BCUT2D eigenvalue weighted by Crippen LogP contribution is -2.40. The molecular formula is C10H13NO3. The maximum atomic E-state index is 11.1. The van der Waals surface area contributed by atoms with E-state index in [4.69, 9.17) is 11.5 Å². The summed E-state index contributed by atoms with van der Waals surface area (Å²) in [6, 6.07) is -0.905. The predicted octanol–water partition coefficient (Wildman–Crippen LogP) is 0.545. The van der Waals surface area contributed by atoms with Gasteiger partial charge in [0.25, 0.3) is 0 Å². The smallest absolute Gasteiger partial charge is 0.326 e. The minimum Gasteiger partial charge on any atom is -0.480 e. The molecule has 0 saturated heterocycles. The first-order chi connectivity index (χ1) is 6.61. The lowest BCUT2D eigenvalue weighted by atomic mass is 10.2. The third kappa shape index (κ3) is 4.99. The fourth-order valence-corrected chi connectivity index (χ4v) is 0.840. The molecule has 0 rings (SSSR count). The minimum atomic E-state index is -1.07. The molecule has 2 N–H and O–H groups in total. The van der Waals surface area contributed by atoms with E-state index >= 15 is 0 Å². The van der Waals surface area contributed by atoms with Gasteiger partial charge in [0.05, 0.1) is 0 Å². The lowest BCUT2D eigenvalue weighted by molar-refractivity contribution is -0.141. The average molecular weight is 195 g/mol. The van der Waals surface area contributed by atoms with Crippen molar-refractivity contribution in [1.29, 1.82) is 0 Å². The first-order valence-corrected chi connectivity index (χ1v) is 4.18. The van der Waals surface area contributed by atoms with E-state index in [0.29, 0.717) is 6.42 Å². The standard InChI is InChI=1S/C10H13NO3/c1-3-5-7-9(12)11-8(6-4-2)10(13)14/h1,4,8H,2,5-7H2,(H,11,12)(H,13,14). The fourth-order valence-electron chi connectivity index (χ4n) is 0.840. The molecule has 0 aromatic rings. The van der Waals surface area contributed by atoms with Crippen molar-refractivity contribution in [2.75, 3.05) is 0 Å². The molecule has 76 valence electrons. The van der Waals surface area contributed by atoms with Gasteiger partial charge >= 0.3 is 5.97 Å². The van der Waals surface area contributed by atoms with E-state index in [1.165, 1.54) is 6.08 Å². The van der Waals surface area contributed by atoms with Gasteiger partial charge in [0, 0.05) is 12.8 Å². The van der Waals surface area contributed by atoms with Crippen LogP contribution >= 0.6 is 0 Å². The van der Waals surface area contributed by atoms with E-state index in [9.17, 15) is 9.59 Å². The van der Waals surface area contributed by atoms with Crippen LogP contribution in [0.1, 0.15) is 19.3 Å². The van der Waals surface area contributed by atoms with Crippen molar-refractivity contribution in [3.8, 4) is 12.3 Å². The quantitative estimate of drug-likeness (QED) is 0.480. The third-order valence-corrected chi connectivity index (χ3v) is 1.53. The molecule has 1 amide bonds. The van der Waals surface area contributed by atoms with Gasteiger partial charge in [-0.25, -0.2) is 4.79 Å². The number of carbonyl (C=O) groups is 2. The van der Waals surface area contributed by atoms with Crippen LogP contribution in [-0.4, -0.2) is 23.0 Å². The molecule has 14 heavy (non-hydrogen) atoms. The Hall–Kier alpha value is -1.76. The zero-order valence-corrected chi connectivity index (χ0v) is 7.82. The van der Waals surface area contributed by atoms with Gasteiger partial charge in [0.2, 0.25) is 5.91 Å². The highest BCUT2D eigenvalue weighted by molar-refractivity contribution is 5.83. The molecule has 0 saturated carbocycles. The van der Waals surface area contributed by atoms with Gasteiger partial charge in [0.15, 0.2) is 0 Å². The highest BCUT2D eigenvalue weighted by atomic mass is 16.4. The first-order valence-electron chi connectivity index (χ1n) is 4.18. The molecular weight excluding hydrogens is 182 g/mol. The van der Waals surface area contributed by atoms with Gasteiger partial charge in [-0.15, -0.1) is 18.9 Å². The first kappa shape index (κ1) is 12.2. The number of carboxylic acids is 1. The number of carboxylic acid groups (broad SMARTS) is 1. The fraction of sp³-hybridized carbons (Fsp3) is 0.400. The number of hydrogen-bond acceptors (Lipinski definition) is 2. The Labute approximate surface area is 83.0 Å². The Balaban J connectivity index is 4.03. The average Bonchev–Trinajstić information content (AvgIpc) is 2.14. The second kappa shape index (κ2) is 6.72. The molecule has 0 bridgehead atoms. The van der Waals surface area contributed by atoms with Crippen molar-refractivity contribution in [3.05, 3.63) is 12.7 Å². The Bertz CT molecular complexity index is 265. The summed E-state index contributed by atoms with van der Waals surface area (Å²) in [4.78, 5) is 21.7. The van der Waals surface area contributed by atoms with E-state index < -0.39 is 12.0 Å². The number of carbonyl (C=O) groups excluding carboxylic acids is 1. The Morgan fingerprint density at radius 2 is 2.29 bits per heavy atom. The maximum Gasteiger partial charge on any atom is 0.326 e. The summed E-state index contributed by atoms with van der Waals surface area (Å²) < 4.78 is 0. The van der Waals surface area contributed by atoms with Crippen molar-refractivity contribution in [3.63, 3.8) is 0 Å². The van der Waals surface area contributed by atoms with E-state index in [1.54, 1.807) is 0 Å². The number of hydrogen-bond donors (Lipinski definition) is 2. The molecule has 4 heteroatoms. The molecule has 0 radical (unpaired) electrons. The Kier molecular flexibility index (Phi) is 5.88. The molecule has 0 heterocycles. The monoisotopic (exact) mass is 195 g/mol. The zero-order valence-electron chi connectivity index (χ0n) is 7.82.